The van der Waals surface area contributed by atoms with Gasteiger partial charge in [-0.25, -0.2) is 0 Å². The van der Waals surface area contributed by atoms with Crippen molar-refractivity contribution in [3.63, 3.8) is 0 Å². The van der Waals surface area contributed by atoms with Gasteiger partial charge in [-0.1, -0.05) is 12.8 Å². The number of nitrogens with zero attached hydrogens (tertiary/aromatic N) is 2. The average molecular weight is 161 g/mol. The molecule has 63 valence electrons. The van der Waals surface area contributed by atoms with Gasteiger partial charge < -0.3 is 0 Å². The van der Waals surface area contributed by atoms with Crippen molar-refractivity contribution in [2.75, 3.05) is 0 Å². The third-order valence-electron chi connectivity index (χ3n) is 1.82. The van der Waals surface area contributed by atoms with Crippen LogP contribution in [0, 0.1) is 25.0 Å². The summed E-state index contributed by atoms with van der Waals surface area (Å²) in [6.45, 7) is 6.67. The van der Waals surface area contributed by atoms with Gasteiger partial charge in [-0.05, 0) is 25.8 Å². The van der Waals surface area contributed by atoms with Gasteiger partial charge in [0.05, 0.1) is 0 Å². The molecule has 0 amide bonds. The van der Waals surface area contributed by atoms with Crippen molar-refractivity contribution in [1.29, 1.82) is 0 Å². The Morgan fingerprint density at radius 1 is 1.58 bits per heavy atom. The summed E-state index contributed by atoms with van der Waals surface area (Å²) in [4.78, 5) is 0. The fourth-order valence-corrected chi connectivity index (χ4v) is 1.19. The first-order valence-electron chi connectivity index (χ1n) is 4.13. The van der Waals surface area contributed by atoms with E-state index in [9.17, 15) is 0 Å². The van der Waals surface area contributed by atoms with Crippen LogP contribution in [0.4, 0.5) is 0 Å². The average Bonchev–Trinajstić information content (AvgIpc) is 2.43. The lowest BCUT2D eigenvalue weighted by Crippen LogP contribution is -2.03. The van der Waals surface area contributed by atoms with Crippen LogP contribution in [-0.4, -0.2) is 9.78 Å². The van der Waals surface area contributed by atoms with Crippen LogP contribution >= 0.6 is 0 Å². The van der Waals surface area contributed by atoms with Gasteiger partial charge in [-0.3, -0.25) is 4.68 Å². The third-order valence-corrected chi connectivity index (χ3v) is 1.82. The summed E-state index contributed by atoms with van der Waals surface area (Å²) >= 11 is 0. The zero-order valence-corrected chi connectivity index (χ0v) is 7.81. The van der Waals surface area contributed by atoms with Crippen LogP contribution < -0.4 is 0 Å². The first-order valence-corrected chi connectivity index (χ1v) is 4.13. The monoisotopic (exact) mass is 161 g/mol. The minimum Gasteiger partial charge on any atom is -0.257 e. The van der Waals surface area contributed by atoms with Gasteiger partial charge in [-0.2, -0.15) is 5.10 Å². The van der Waals surface area contributed by atoms with Crippen LogP contribution in [0.2, 0.25) is 0 Å². The molecular formula is C10H13N2. The van der Waals surface area contributed by atoms with E-state index in [1.54, 1.807) is 0 Å². The van der Waals surface area contributed by atoms with Crippen molar-refractivity contribution in [2.24, 2.45) is 0 Å². The molecule has 12 heavy (non-hydrogen) atoms. The van der Waals surface area contributed by atoms with Crippen LogP contribution in [0.3, 0.4) is 0 Å². The summed E-state index contributed by atoms with van der Waals surface area (Å²) in [7, 11) is 0. The summed E-state index contributed by atoms with van der Waals surface area (Å²) in [6.07, 6.45) is 3.94. The van der Waals surface area contributed by atoms with Gasteiger partial charge in [0.1, 0.15) is 12.7 Å². The molecule has 0 aromatic carbocycles. The highest BCUT2D eigenvalue weighted by atomic mass is 15.3. The largest absolute Gasteiger partial charge is 0.257 e. The van der Waals surface area contributed by atoms with E-state index in [0.717, 1.165) is 12.0 Å². The van der Waals surface area contributed by atoms with Crippen LogP contribution in [0.5, 0.6) is 0 Å². The van der Waals surface area contributed by atoms with Crippen LogP contribution in [0.15, 0.2) is 0 Å². The van der Waals surface area contributed by atoms with E-state index >= 15 is 0 Å². The SMILES string of the molecule is CC#CCn1n[c]c(C)c1CC. The molecule has 0 spiro atoms. The van der Waals surface area contributed by atoms with E-state index in [1.165, 1.54) is 5.69 Å². The van der Waals surface area contributed by atoms with Gasteiger partial charge in [0.25, 0.3) is 0 Å². The van der Waals surface area contributed by atoms with Crippen molar-refractivity contribution < 1.29 is 0 Å². The molecule has 0 atom stereocenters. The molecule has 1 rings (SSSR count). The molecule has 0 saturated carbocycles. The van der Waals surface area contributed by atoms with Crippen molar-refractivity contribution in [3.05, 3.63) is 17.5 Å². The number of hydrogen-bond acceptors (Lipinski definition) is 1. The normalized spacial score (nSPS) is 9.25. The summed E-state index contributed by atoms with van der Waals surface area (Å²) in [6, 6.07) is 0. The molecule has 0 N–H and O–H groups in total. The Kier molecular flexibility index (Phi) is 2.93. The van der Waals surface area contributed by atoms with Crippen molar-refractivity contribution in [3.8, 4) is 11.8 Å². The van der Waals surface area contributed by atoms with E-state index in [1.807, 2.05) is 18.5 Å². The second kappa shape index (κ2) is 3.96. The molecule has 0 aliphatic carbocycles. The number of hydrogen-bond donors (Lipinski definition) is 0. The highest BCUT2D eigenvalue weighted by Gasteiger charge is 2.03. The van der Waals surface area contributed by atoms with Gasteiger partial charge >= 0.3 is 0 Å². The Labute approximate surface area is 73.6 Å². The molecule has 2 heteroatoms. The maximum Gasteiger partial charge on any atom is 0.116 e. The zero-order chi connectivity index (χ0) is 8.97. The first kappa shape index (κ1) is 8.86. The number of aromatic nitrogens is 2. The summed E-state index contributed by atoms with van der Waals surface area (Å²) < 4.78 is 1.91. The van der Waals surface area contributed by atoms with E-state index in [0.29, 0.717) is 6.54 Å². The van der Waals surface area contributed by atoms with Crippen LogP contribution in [0.25, 0.3) is 0 Å². The molecule has 1 aromatic heterocycles. The van der Waals surface area contributed by atoms with Crippen LogP contribution in [0.1, 0.15) is 25.1 Å². The maximum absolute atomic E-state index is 4.11. The van der Waals surface area contributed by atoms with Gasteiger partial charge in [0.15, 0.2) is 0 Å². The predicted octanol–water partition coefficient (Wildman–Crippen LogP) is 1.58. The Bertz CT molecular complexity index is 312. The molecular weight excluding hydrogens is 148 g/mol. The highest BCUT2D eigenvalue weighted by molar-refractivity contribution is 5.15. The molecule has 1 heterocycles. The minimum absolute atomic E-state index is 0.685. The fourth-order valence-electron chi connectivity index (χ4n) is 1.19. The molecule has 0 aliphatic rings. The van der Waals surface area contributed by atoms with Crippen molar-refractivity contribution >= 4 is 0 Å². The molecule has 0 fully saturated rings. The second-order valence-electron chi connectivity index (χ2n) is 2.62. The lowest BCUT2D eigenvalue weighted by Gasteiger charge is -2.00. The van der Waals surface area contributed by atoms with E-state index in [-0.39, 0.29) is 0 Å². The Morgan fingerprint density at radius 2 is 2.33 bits per heavy atom. The summed E-state index contributed by atoms with van der Waals surface area (Å²) in [5.74, 6) is 5.84. The van der Waals surface area contributed by atoms with Gasteiger partial charge in [0, 0.05) is 5.69 Å². The Hall–Kier alpha value is -1.23. The number of aryl methyl sites for hydroxylation is 1. The van der Waals surface area contributed by atoms with Crippen molar-refractivity contribution in [1.82, 2.24) is 9.78 Å². The van der Waals surface area contributed by atoms with Gasteiger partial charge in [-0.15, -0.1) is 5.92 Å². The fraction of sp³-hybridized carbons (Fsp3) is 0.500. The molecule has 0 unspecified atom stereocenters. The van der Waals surface area contributed by atoms with Gasteiger partial charge in [0.2, 0.25) is 0 Å². The molecule has 0 bridgehead atoms. The Balaban J connectivity index is 2.88. The molecule has 0 saturated heterocycles. The second-order valence-corrected chi connectivity index (χ2v) is 2.62. The predicted molar refractivity (Wildman–Crippen MR) is 48.6 cm³/mol. The van der Waals surface area contributed by atoms with E-state index in [4.69, 9.17) is 0 Å². The molecule has 1 radical (unpaired) electrons. The Morgan fingerprint density at radius 3 is 2.92 bits per heavy atom. The minimum atomic E-state index is 0.685. The lowest BCUT2D eigenvalue weighted by molar-refractivity contribution is 0.671. The molecule has 0 aliphatic heterocycles. The van der Waals surface area contributed by atoms with Crippen molar-refractivity contribution in [2.45, 2.75) is 33.7 Å². The third kappa shape index (κ3) is 1.68. The standard InChI is InChI=1S/C10H13N2/c1-4-6-7-12-10(5-2)9(3)8-11-12/h5,7H2,1-3H3. The zero-order valence-electron chi connectivity index (χ0n) is 7.81. The first-order chi connectivity index (χ1) is 5.79. The number of rotatable bonds is 2. The quantitative estimate of drug-likeness (QED) is 0.602. The maximum atomic E-state index is 4.11. The smallest absolute Gasteiger partial charge is 0.116 e. The summed E-state index contributed by atoms with van der Waals surface area (Å²) in [5.41, 5.74) is 2.37. The van der Waals surface area contributed by atoms with E-state index < -0.39 is 0 Å². The van der Waals surface area contributed by atoms with E-state index in [2.05, 4.69) is 30.1 Å². The van der Waals surface area contributed by atoms with Crippen LogP contribution in [-0.2, 0) is 13.0 Å². The lowest BCUT2D eigenvalue weighted by atomic mass is 10.2. The topological polar surface area (TPSA) is 17.8 Å². The summed E-state index contributed by atoms with van der Waals surface area (Å²) in [5, 5.41) is 4.11. The molecule has 2 nitrogen and oxygen atoms in total. The highest BCUT2D eigenvalue weighted by Crippen LogP contribution is 2.06. The molecule has 1 aromatic rings.